The summed E-state index contributed by atoms with van der Waals surface area (Å²) in [5, 5.41) is 0. The molecule has 118 valence electrons. The van der Waals surface area contributed by atoms with Crippen molar-refractivity contribution in [2.45, 2.75) is 52.5 Å². The van der Waals surface area contributed by atoms with Crippen LogP contribution < -0.4 is 0 Å². The lowest BCUT2D eigenvalue weighted by Crippen LogP contribution is -2.47. The number of nitrogens with zero attached hydrogens (tertiary/aromatic N) is 2. The molecule has 0 spiro atoms. The fourth-order valence-corrected chi connectivity index (χ4v) is 4.06. The van der Waals surface area contributed by atoms with Crippen molar-refractivity contribution in [1.82, 2.24) is 8.61 Å². The molecule has 1 aliphatic carbocycles. The monoisotopic (exact) mass is 306 g/mol. The molecule has 1 saturated carbocycles. The first-order valence-electron chi connectivity index (χ1n) is 7.39. The summed E-state index contributed by atoms with van der Waals surface area (Å²) < 4.78 is 33.0. The highest BCUT2D eigenvalue weighted by atomic mass is 32.2. The van der Waals surface area contributed by atoms with E-state index in [0.29, 0.717) is 13.1 Å². The van der Waals surface area contributed by atoms with Crippen LogP contribution in [0.1, 0.15) is 46.5 Å². The molecule has 0 N–H and O–H groups in total. The number of hydrogen-bond donors (Lipinski definition) is 0. The lowest BCUT2D eigenvalue weighted by Gasteiger charge is -2.29. The first-order chi connectivity index (χ1) is 9.47. The predicted molar refractivity (Wildman–Crippen MR) is 77.4 cm³/mol. The van der Waals surface area contributed by atoms with Gasteiger partial charge in [-0.3, -0.25) is 4.79 Å². The summed E-state index contributed by atoms with van der Waals surface area (Å²) in [6.45, 7) is 6.69. The van der Waals surface area contributed by atoms with E-state index in [4.69, 9.17) is 4.74 Å². The number of carbonyl (C=O) groups is 1. The zero-order chi connectivity index (χ0) is 15.2. The number of hydrogen-bond acceptors (Lipinski definition) is 4. The van der Waals surface area contributed by atoms with Crippen molar-refractivity contribution in [3.05, 3.63) is 0 Å². The highest BCUT2D eigenvalue weighted by Gasteiger charge is 2.41. The molecule has 1 rings (SSSR count). The lowest BCUT2D eigenvalue weighted by molar-refractivity contribution is -0.143. The average molecular weight is 306 g/mol. The summed E-state index contributed by atoms with van der Waals surface area (Å²) in [5.74, 6) is -0.476. The number of carbonyl (C=O) groups excluding carboxylic acids is 1. The van der Waals surface area contributed by atoms with Crippen LogP contribution in [0.3, 0.4) is 0 Å². The second kappa shape index (κ2) is 7.95. The van der Waals surface area contributed by atoms with E-state index < -0.39 is 16.2 Å². The zero-order valence-corrected chi connectivity index (χ0v) is 13.5. The van der Waals surface area contributed by atoms with Gasteiger partial charge in [-0.25, -0.2) is 0 Å². The Balaban J connectivity index is 2.84. The van der Waals surface area contributed by atoms with E-state index in [0.717, 1.165) is 25.7 Å². The minimum absolute atomic E-state index is 0.0411. The van der Waals surface area contributed by atoms with Crippen molar-refractivity contribution < 1.29 is 17.9 Å². The van der Waals surface area contributed by atoms with Gasteiger partial charge in [0.15, 0.2) is 0 Å². The Morgan fingerprint density at radius 3 is 2.10 bits per heavy atom. The highest BCUT2D eigenvalue weighted by molar-refractivity contribution is 7.86. The van der Waals surface area contributed by atoms with Crippen molar-refractivity contribution in [2.75, 3.05) is 26.2 Å². The highest BCUT2D eigenvalue weighted by Crippen LogP contribution is 2.30. The zero-order valence-electron chi connectivity index (χ0n) is 12.7. The second-order valence-corrected chi connectivity index (χ2v) is 6.87. The normalized spacial score (nSPS) is 15.8. The SMILES string of the molecule is CCCN(CCC)S(=O)(=O)N(CC(=O)OCC)C1CC1. The maximum atomic E-state index is 12.7. The van der Waals surface area contributed by atoms with Gasteiger partial charge >= 0.3 is 5.97 Å². The van der Waals surface area contributed by atoms with Crippen LogP contribution in [0.2, 0.25) is 0 Å². The third-order valence-electron chi connectivity index (χ3n) is 3.11. The van der Waals surface area contributed by atoms with Crippen LogP contribution in [0.25, 0.3) is 0 Å². The van der Waals surface area contributed by atoms with Crippen LogP contribution in [0.15, 0.2) is 0 Å². The van der Waals surface area contributed by atoms with Gasteiger partial charge in [0.25, 0.3) is 10.2 Å². The van der Waals surface area contributed by atoms with Gasteiger partial charge in [-0.2, -0.15) is 17.0 Å². The van der Waals surface area contributed by atoms with E-state index >= 15 is 0 Å². The van der Waals surface area contributed by atoms with Crippen LogP contribution in [-0.2, 0) is 19.7 Å². The maximum Gasteiger partial charge on any atom is 0.321 e. The van der Waals surface area contributed by atoms with E-state index in [9.17, 15) is 13.2 Å². The first-order valence-corrected chi connectivity index (χ1v) is 8.79. The van der Waals surface area contributed by atoms with Gasteiger partial charge in [-0.15, -0.1) is 0 Å². The van der Waals surface area contributed by atoms with Gasteiger partial charge in [0.2, 0.25) is 0 Å². The van der Waals surface area contributed by atoms with Gasteiger partial charge in [-0.1, -0.05) is 13.8 Å². The summed E-state index contributed by atoms with van der Waals surface area (Å²) in [5.41, 5.74) is 0. The van der Waals surface area contributed by atoms with E-state index in [2.05, 4.69) is 0 Å². The van der Waals surface area contributed by atoms with Gasteiger partial charge in [-0.05, 0) is 32.6 Å². The molecule has 20 heavy (non-hydrogen) atoms. The molecule has 0 radical (unpaired) electrons. The third-order valence-corrected chi connectivity index (χ3v) is 5.15. The largest absolute Gasteiger partial charge is 0.465 e. The fraction of sp³-hybridized carbons (Fsp3) is 0.923. The van der Waals surface area contributed by atoms with E-state index in [1.165, 1.54) is 8.61 Å². The molecule has 0 amide bonds. The summed E-state index contributed by atoms with van der Waals surface area (Å²) in [7, 11) is -3.57. The van der Waals surface area contributed by atoms with Crippen molar-refractivity contribution in [1.29, 1.82) is 0 Å². The van der Waals surface area contributed by atoms with Gasteiger partial charge < -0.3 is 4.74 Å². The van der Waals surface area contributed by atoms with E-state index in [1.54, 1.807) is 6.92 Å². The van der Waals surface area contributed by atoms with Crippen molar-refractivity contribution in [2.24, 2.45) is 0 Å². The maximum absolute atomic E-state index is 12.7. The van der Waals surface area contributed by atoms with E-state index in [1.807, 2.05) is 13.8 Å². The molecular weight excluding hydrogens is 280 g/mol. The van der Waals surface area contributed by atoms with Crippen LogP contribution in [0.5, 0.6) is 0 Å². The van der Waals surface area contributed by atoms with Crippen molar-refractivity contribution >= 4 is 16.2 Å². The summed E-state index contributed by atoms with van der Waals surface area (Å²) >= 11 is 0. The number of rotatable bonds is 10. The molecule has 0 saturated heterocycles. The van der Waals surface area contributed by atoms with Crippen LogP contribution in [0.4, 0.5) is 0 Å². The summed E-state index contributed by atoms with van der Waals surface area (Å²) in [6, 6.07) is -0.0411. The van der Waals surface area contributed by atoms with Crippen molar-refractivity contribution in [3.63, 3.8) is 0 Å². The predicted octanol–water partition coefficient (Wildman–Crippen LogP) is 1.38. The van der Waals surface area contributed by atoms with Crippen LogP contribution >= 0.6 is 0 Å². The van der Waals surface area contributed by atoms with Crippen molar-refractivity contribution in [3.8, 4) is 0 Å². The molecule has 0 heterocycles. The average Bonchev–Trinajstić information content (AvgIpc) is 3.20. The van der Waals surface area contributed by atoms with E-state index in [-0.39, 0.29) is 19.2 Å². The smallest absolute Gasteiger partial charge is 0.321 e. The minimum Gasteiger partial charge on any atom is -0.465 e. The standard InChI is InChI=1S/C13H26N2O4S/c1-4-9-14(10-5-2)20(17,18)15(12-7-8-12)11-13(16)19-6-3/h12H,4-11H2,1-3H3. The Kier molecular flexibility index (Phi) is 6.91. The quantitative estimate of drug-likeness (QED) is 0.572. The van der Waals surface area contributed by atoms with Crippen LogP contribution in [0, 0.1) is 0 Å². The lowest BCUT2D eigenvalue weighted by atomic mass is 10.4. The Bertz CT molecular complexity index is 401. The molecule has 7 heteroatoms. The van der Waals surface area contributed by atoms with Crippen LogP contribution in [-0.4, -0.2) is 55.3 Å². The first kappa shape index (κ1) is 17.4. The Labute approximate surface area is 122 Å². The molecule has 0 aromatic carbocycles. The Morgan fingerprint density at radius 1 is 1.15 bits per heavy atom. The Hall–Kier alpha value is -0.660. The molecule has 0 unspecified atom stereocenters. The molecule has 0 atom stereocenters. The molecule has 6 nitrogen and oxygen atoms in total. The summed E-state index contributed by atoms with van der Waals surface area (Å²) in [4.78, 5) is 11.6. The van der Waals surface area contributed by atoms with Gasteiger partial charge in [0.05, 0.1) is 6.61 Å². The molecule has 0 bridgehead atoms. The number of ether oxygens (including phenoxy) is 1. The Morgan fingerprint density at radius 2 is 1.70 bits per heavy atom. The molecule has 0 aromatic rings. The topological polar surface area (TPSA) is 66.9 Å². The minimum atomic E-state index is -3.57. The fourth-order valence-electron chi connectivity index (χ4n) is 2.09. The molecule has 0 aliphatic heterocycles. The number of esters is 1. The molecule has 1 fully saturated rings. The molecule has 1 aliphatic rings. The molecule has 0 aromatic heterocycles. The van der Waals surface area contributed by atoms with Gasteiger partial charge in [0.1, 0.15) is 6.54 Å². The molecular formula is C13H26N2O4S. The summed E-state index contributed by atoms with van der Waals surface area (Å²) in [6.07, 6.45) is 3.17. The third kappa shape index (κ3) is 4.71. The second-order valence-electron chi connectivity index (χ2n) is 4.99. The van der Waals surface area contributed by atoms with Gasteiger partial charge in [0, 0.05) is 19.1 Å².